The fourth-order valence-electron chi connectivity index (χ4n) is 4.12. The lowest BCUT2D eigenvalue weighted by Crippen LogP contribution is -2.41. The van der Waals surface area contributed by atoms with Crippen molar-refractivity contribution in [3.05, 3.63) is 58.6 Å². The van der Waals surface area contributed by atoms with Gasteiger partial charge in [0.1, 0.15) is 0 Å². The summed E-state index contributed by atoms with van der Waals surface area (Å²) < 4.78 is 5.38. The quantitative estimate of drug-likeness (QED) is 0.669. The van der Waals surface area contributed by atoms with Crippen LogP contribution < -0.4 is 15.5 Å². The van der Waals surface area contributed by atoms with E-state index in [1.54, 1.807) is 30.3 Å². The molecule has 2 aliphatic heterocycles. The lowest BCUT2D eigenvalue weighted by atomic mass is 10.1. The molecule has 0 bridgehead atoms. The zero-order chi connectivity index (χ0) is 22.3. The lowest BCUT2D eigenvalue weighted by molar-refractivity contribution is 0.0383. The highest BCUT2D eigenvalue weighted by Gasteiger charge is 2.21. The van der Waals surface area contributed by atoms with Crippen molar-refractivity contribution in [1.29, 1.82) is 0 Å². The van der Waals surface area contributed by atoms with Crippen molar-refractivity contribution in [3.63, 3.8) is 0 Å². The van der Waals surface area contributed by atoms with Gasteiger partial charge in [0.25, 0.3) is 11.8 Å². The van der Waals surface area contributed by atoms with Crippen molar-refractivity contribution < 1.29 is 14.3 Å². The fraction of sp³-hybridized carbons (Fsp3) is 0.417. The van der Waals surface area contributed by atoms with Gasteiger partial charge in [-0.15, -0.1) is 0 Å². The number of halogens is 1. The van der Waals surface area contributed by atoms with Crippen LogP contribution in [-0.4, -0.2) is 69.2 Å². The second-order valence-electron chi connectivity index (χ2n) is 8.07. The van der Waals surface area contributed by atoms with Crippen molar-refractivity contribution in [2.45, 2.75) is 12.8 Å². The average Bonchev–Trinajstić information content (AvgIpc) is 3.35. The normalized spacial score (nSPS) is 16.7. The van der Waals surface area contributed by atoms with Gasteiger partial charge in [0, 0.05) is 50.6 Å². The van der Waals surface area contributed by atoms with E-state index < -0.39 is 0 Å². The maximum absolute atomic E-state index is 13.1. The number of ether oxygens (including phenoxy) is 1. The molecule has 0 atom stereocenters. The van der Waals surface area contributed by atoms with Gasteiger partial charge in [-0.1, -0.05) is 23.7 Å². The average molecular weight is 457 g/mol. The first kappa shape index (κ1) is 22.6. The number of hydrogen-bond donors (Lipinski definition) is 2. The number of carbonyl (C=O) groups is 2. The van der Waals surface area contributed by atoms with E-state index in [0.717, 1.165) is 64.5 Å². The van der Waals surface area contributed by atoms with E-state index in [-0.39, 0.29) is 11.8 Å². The van der Waals surface area contributed by atoms with E-state index in [2.05, 4.69) is 20.4 Å². The van der Waals surface area contributed by atoms with Gasteiger partial charge in [-0.05, 0) is 43.2 Å². The molecule has 7 nitrogen and oxygen atoms in total. The molecule has 2 saturated heterocycles. The second-order valence-corrected chi connectivity index (χ2v) is 8.48. The molecule has 0 radical (unpaired) electrons. The van der Waals surface area contributed by atoms with Crippen LogP contribution in [0.25, 0.3) is 0 Å². The van der Waals surface area contributed by atoms with Crippen molar-refractivity contribution >= 4 is 34.8 Å². The number of anilines is 2. The first-order valence-electron chi connectivity index (χ1n) is 11.1. The summed E-state index contributed by atoms with van der Waals surface area (Å²) in [7, 11) is 0. The van der Waals surface area contributed by atoms with Crippen LogP contribution in [0, 0.1) is 0 Å². The van der Waals surface area contributed by atoms with Crippen LogP contribution in [0.3, 0.4) is 0 Å². The first-order valence-corrected chi connectivity index (χ1v) is 11.5. The Labute approximate surface area is 193 Å². The number of rotatable bonds is 7. The maximum atomic E-state index is 13.1. The molecule has 0 unspecified atom stereocenters. The largest absolute Gasteiger partial charge is 0.379 e. The van der Waals surface area contributed by atoms with Gasteiger partial charge in [0.2, 0.25) is 0 Å². The minimum absolute atomic E-state index is 0.131. The van der Waals surface area contributed by atoms with Crippen LogP contribution in [0.2, 0.25) is 5.02 Å². The number of hydrogen-bond acceptors (Lipinski definition) is 5. The van der Waals surface area contributed by atoms with Gasteiger partial charge < -0.3 is 20.3 Å². The molecule has 0 aromatic heterocycles. The summed E-state index contributed by atoms with van der Waals surface area (Å²) >= 11 is 6.16. The molecule has 8 heteroatoms. The Hall–Kier alpha value is -2.61. The Kier molecular flexibility index (Phi) is 7.63. The number of amides is 2. The number of benzene rings is 2. The van der Waals surface area contributed by atoms with Crippen molar-refractivity contribution in [2.75, 3.05) is 62.7 Å². The van der Waals surface area contributed by atoms with Crippen LogP contribution in [0.1, 0.15) is 33.6 Å². The summed E-state index contributed by atoms with van der Waals surface area (Å²) in [6.45, 7) is 6.46. The summed E-state index contributed by atoms with van der Waals surface area (Å²) in [6, 6.07) is 12.4. The number of nitrogens with one attached hydrogen (secondary N) is 2. The Balaban J connectivity index is 1.48. The molecule has 2 amide bonds. The summed E-state index contributed by atoms with van der Waals surface area (Å²) in [4.78, 5) is 30.3. The zero-order valence-electron chi connectivity index (χ0n) is 18.1. The Morgan fingerprint density at radius 1 is 0.938 bits per heavy atom. The van der Waals surface area contributed by atoms with E-state index in [4.69, 9.17) is 16.3 Å². The van der Waals surface area contributed by atoms with E-state index in [1.165, 1.54) is 0 Å². The Bertz CT molecular complexity index is 956. The maximum Gasteiger partial charge on any atom is 0.257 e. The molecule has 0 spiro atoms. The van der Waals surface area contributed by atoms with Gasteiger partial charge in [0.05, 0.1) is 29.4 Å². The number of morpholine rings is 1. The highest BCUT2D eigenvalue weighted by molar-refractivity contribution is 6.34. The molecule has 2 aliphatic rings. The van der Waals surface area contributed by atoms with E-state index in [9.17, 15) is 9.59 Å². The van der Waals surface area contributed by atoms with Gasteiger partial charge in [-0.3, -0.25) is 14.5 Å². The van der Waals surface area contributed by atoms with Crippen LogP contribution in [-0.2, 0) is 4.74 Å². The molecular formula is C24H29ClN4O3. The molecule has 2 aromatic carbocycles. The Morgan fingerprint density at radius 3 is 2.44 bits per heavy atom. The Morgan fingerprint density at radius 2 is 1.69 bits per heavy atom. The third-order valence-electron chi connectivity index (χ3n) is 5.88. The predicted molar refractivity (Wildman–Crippen MR) is 127 cm³/mol. The first-order chi connectivity index (χ1) is 15.6. The van der Waals surface area contributed by atoms with E-state index >= 15 is 0 Å². The molecule has 4 rings (SSSR count). The van der Waals surface area contributed by atoms with E-state index in [1.807, 2.05) is 12.1 Å². The van der Waals surface area contributed by atoms with Crippen LogP contribution >= 0.6 is 11.6 Å². The molecular weight excluding hydrogens is 428 g/mol. The van der Waals surface area contributed by atoms with Crippen molar-refractivity contribution in [1.82, 2.24) is 10.2 Å². The molecule has 32 heavy (non-hydrogen) atoms. The number of carbonyl (C=O) groups excluding carboxylic acids is 2. The summed E-state index contributed by atoms with van der Waals surface area (Å²) in [5.74, 6) is -0.433. The SMILES string of the molecule is O=C(Nc1ccc(N2CCCC2)c(C(=O)NCCN2CCOCC2)c1)c1ccccc1Cl. The van der Waals surface area contributed by atoms with Gasteiger partial charge in [-0.25, -0.2) is 0 Å². The third-order valence-corrected chi connectivity index (χ3v) is 6.21. The highest BCUT2D eigenvalue weighted by Crippen LogP contribution is 2.28. The van der Waals surface area contributed by atoms with Crippen molar-refractivity contribution in [2.24, 2.45) is 0 Å². The molecule has 2 N–H and O–H groups in total. The smallest absolute Gasteiger partial charge is 0.257 e. The monoisotopic (exact) mass is 456 g/mol. The molecule has 0 saturated carbocycles. The summed E-state index contributed by atoms with van der Waals surface area (Å²) in [5, 5.41) is 6.31. The molecule has 0 aliphatic carbocycles. The fourth-order valence-corrected chi connectivity index (χ4v) is 4.34. The van der Waals surface area contributed by atoms with Crippen LogP contribution in [0.15, 0.2) is 42.5 Å². The third kappa shape index (κ3) is 5.59. The standard InChI is InChI=1S/C24H29ClN4O3/c25-21-6-2-1-5-19(21)24(31)27-18-7-8-22(29-10-3-4-11-29)20(17-18)23(30)26-9-12-28-13-15-32-16-14-28/h1-2,5-8,17H,3-4,9-16H2,(H,26,30)(H,27,31). The molecule has 170 valence electrons. The lowest BCUT2D eigenvalue weighted by Gasteiger charge is -2.26. The van der Waals surface area contributed by atoms with Crippen molar-refractivity contribution in [3.8, 4) is 0 Å². The number of nitrogens with zero attached hydrogens (tertiary/aromatic N) is 2. The molecule has 2 aromatic rings. The van der Waals surface area contributed by atoms with Crippen LogP contribution in [0.5, 0.6) is 0 Å². The van der Waals surface area contributed by atoms with Gasteiger partial charge in [0.15, 0.2) is 0 Å². The zero-order valence-corrected chi connectivity index (χ0v) is 18.9. The molecule has 2 fully saturated rings. The van der Waals surface area contributed by atoms with Gasteiger partial charge >= 0.3 is 0 Å². The van der Waals surface area contributed by atoms with Gasteiger partial charge in [-0.2, -0.15) is 0 Å². The topological polar surface area (TPSA) is 73.9 Å². The second kappa shape index (κ2) is 10.8. The summed E-state index contributed by atoms with van der Waals surface area (Å²) in [6.07, 6.45) is 2.23. The minimum Gasteiger partial charge on any atom is -0.379 e. The summed E-state index contributed by atoms with van der Waals surface area (Å²) in [5.41, 5.74) is 2.44. The highest BCUT2D eigenvalue weighted by atomic mass is 35.5. The minimum atomic E-state index is -0.303. The van der Waals surface area contributed by atoms with E-state index in [0.29, 0.717) is 28.4 Å². The predicted octanol–water partition coefficient (Wildman–Crippen LogP) is 3.25. The molecule has 2 heterocycles. The van der Waals surface area contributed by atoms with Crippen LogP contribution in [0.4, 0.5) is 11.4 Å².